The SMILES string of the molecule is NC(=NNC(=O)CC=NOCc1ccc(Cl)cc1Cl)c1cccnc1. The average molecular weight is 380 g/mol. The lowest BCUT2D eigenvalue weighted by Gasteiger charge is -2.03. The van der Waals surface area contributed by atoms with Gasteiger partial charge in [-0.1, -0.05) is 34.4 Å². The van der Waals surface area contributed by atoms with Crippen molar-refractivity contribution in [1.82, 2.24) is 10.4 Å². The molecule has 0 fully saturated rings. The highest BCUT2D eigenvalue weighted by molar-refractivity contribution is 6.35. The number of rotatable bonds is 7. The van der Waals surface area contributed by atoms with E-state index in [-0.39, 0.29) is 24.8 Å². The van der Waals surface area contributed by atoms with Crippen LogP contribution in [0.3, 0.4) is 0 Å². The molecule has 0 aliphatic carbocycles. The number of hydrazone groups is 1. The number of benzene rings is 1. The molecule has 2 rings (SSSR count). The summed E-state index contributed by atoms with van der Waals surface area (Å²) < 4.78 is 0. The number of amides is 1. The largest absolute Gasteiger partial charge is 0.391 e. The highest BCUT2D eigenvalue weighted by atomic mass is 35.5. The Bertz CT molecular complexity index is 781. The first kappa shape index (κ1) is 18.7. The molecule has 0 radical (unpaired) electrons. The van der Waals surface area contributed by atoms with Gasteiger partial charge in [-0.05, 0) is 24.3 Å². The Morgan fingerprint density at radius 3 is 2.92 bits per heavy atom. The minimum Gasteiger partial charge on any atom is -0.391 e. The molecule has 0 saturated heterocycles. The molecule has 130 valence electrons. The summed E-state index contributed by atoms with van der Waals surface area (Å²) in [6, 6.07) is 8.51. The zero-order valence-corrected chi connectivity index (χ0v) is 14.5. The van der Waals surface area contributed by atoms with Crippen LogP contribution in [0.5, 0.6) is 0 Å². The maximum Gasteiger partial charge on any atom is 0.245 e. The van der Waals surface area contributed by atoms with Crippen molar-refractivity contribution in [2.24, 2.45) is 16.0 Å². The fraction of sp³-hybridized carbons (Fsp3) is 0.125. The maximum atomic E-state index is 11.6. The van der Waals surface area contributed by atoms with Crippen LogP contribution >= 0.6 is 23.2 Å². The van der Waals surface area contributed by atoms with Gasteiger partial charge >= 0.3 is 0 Å². The Labute approximate surface area is 154 Å². The van der Waals surface area contributed by atoms with Gasteiger partial charge < -0.3 is 10.6 Å². The van der Waals surface area contributed by atoms with Crippen LogP contribution in [0.4, 0.5) is 0 Å². The quantitative estimate of drug-likeness (QED) is 0.438. The third-order valence-electron chi connectivity index (χ3n) is 2.92. The van der Waals surface area contributed by atoms with E-state index in [4.69, 9.17) is 33.8 Å². The second-order valence-electron chi connectivity index (χ2n) is 4.78. The predicted molar refractivity (Wildman–Crippen MR) is 97.5 cm³/mol. The summed E-state index contributed by atoms with van der Waals surface area (Å²) in [6.45, 7) is 0.167. The molecular formula is C16H15Cl2N5O2. The van der Waals surface area contributed by atoms with Crippen molar-refractivity contribution in [3.05, 3.63) is 63.9 Å². The zero-order chi connectivity index (χ0) is 18.1. The predicted octanol–water partition coefficient (Wildman–Crippen LogP) is 2.72. The summed E-state index contributed by atoms with van der Waals surface area (Å²) in [5.41, 5.74) is 9.39. The molecule has 0 aliphatic rings. The molecule has 0 unspecified atom stereocenters. The summed E-state index contributed by atoms with van der Waals surface area (Å²) in [4.78, 5) is 20.6. The molecule has 7 nitrogen and oxygen atoms in total. The van der Waals surface area contributed by atoms with E-state index in [0.717, 1.165) is 5.56 Å². The van der Waals surface area contributed by atoms with Gasteiger partial charge in [0.25, 0.3) is 0 Å². The van der Waals surface area contributed by atoms with Crippen molar-refractivity contribution in [2.45, 2.75) is 13.0 Å². The van der Waals surface area contributed by atoms with Gasteiger partial charge in [0.2, 0.25) is 5.91 Å². The van der Waals surface area contributed by atoms with E-state index in [9.17, 15) is 4.79 Å². The number of pyridine rings is 1. The number of carbonyl (C=O) groups excluding carboxylic acids is 1. The Hall–Kier alpha value is -2.64. The Balaban J connectivity index is 1.73. The summed E-state index contributed by atoms with van der Waals surface area (Å²) in [5, 5.41) is 8.50. The fourth-order valence-corrected chi connectivity index (χ4v) is 2.13. The smallest absolute Gasteiger partial charge is 0.245 e. The molecule has 1 aromatic heterocycles. The first-order valence-electron chi connectivity index (χ1n) is 7.16. The van der Waals surface area contributed by atoms with E-state index in [1.807, 2.05) is 0 Å². The van der Waals surface area contributed by atoms with Crippen molar-refractivity contribution >= 4 is 41.2 Å². The van der Waals surface area contributed by atoms with Gasteiger partial charge in [0.05, 0.1) is 12.6 Å². The molecule has 0 bridgehead atoms. The number of amidine groups is 1. The second kappa shape index (κ2) is 9.61. The number of aromatic nitrogens is 1. The summed E-state index contributed by atoms with van der Waals surface area (Å²) in [5.74, 6) is -0.226. The molecule has 9 heteroatoms. The zero-order valence-electron chi connectivity index (χ0n) is 13.0. The van der Waals surface area contributed by atoms with E-state index >= 15 is 0 Å². The molecule has 1 amide bonds. The van der Waals surface area contributed by atoms with Gasteiger partial charge in [-0.25, -0.2) is 5.43 Å². The molecule has 1 heterocycles. The van der Waals surface area contributed by atoms with E-state index in [2.05, 4.69) is 20.7 Å². The van der Waals surface area contributed by atoms with Crippen LogP contribution in [0.1, 0.15) is 17.5 Å². The molecule has 0 atom stereocenters. The van der Waals surface area contributed by atoms with Crippen LogP contribution < -0.4 is 11.2 Å². The van der Waals surface area contributed by atoms with Crippen molar-refractivity contribution in [2.75, 3.05) is 0 Å². The van der Waals surface area contributed by atoms with Gasteiger partial charge in [-0.2, -0.15) is 5.10 Å². The van der Waals surface area contributed by atoms with Crippen LogP contribution in [0, 0.1) is 0 Å². The number of hydrogen-bond acceptors (Lipinski definition) is 5. The third kappa shape index (κ3) is 6.40. The molecule has 1 aromatic carbocycles. The topological polar surface area (TPSA) is 102 Å². The fourth-order valence-electron chi connectivity index (χ4n) is 1.67. The molecule has 3 N–H and O–H groups in total. The number of nitrogens with one attached hydrogen (secondary N) is 1. The minimum absolute atomic E-state index is 0.0157. The Kier molecular flexibility index (Phi) is 7.18. The minimum atomic E-state index is -0.385. The molecular weight excluding hydrogens is 365 g/mol. The lowest BCUT2D eigenvalue weighted by molar-refractivity contribution is -0.119. The van der Waals surface area contributed by atoms with Crippen LogP contribution in [-0.2, 0) is 16.2 Å². The lowest BCUT2D eigenvalue weighted by Crippen LogP contribution is -2.24. The van der Waals surface area contributed by atoms with Gasteiger partial charge in [0.1, 0.15) is 6.61 Å². The van der Waals surface area contributed by atoms with Crippen molar-refractivity contribution in [3.8, 4) is 0 Å². The highest BCUT2D eigenvalue weighted by Gasteiger charge is 2.02. The average Bonchev–Trinajstić information content (AvgIpc) is 2.61. The van der Waals surface area contributed by atoms with Crippen molar-refractivity contribution in [1.29, 1.82) is 0 Å². The number of hydrogen-bond donors (Lipinski definition) is 2. The number of nitrogens with zero attached hydrogens (tertiary/aromatic N) is 3. The van der Waals surface area contributed by atoms with Crippen LogP contribution in [-0.4, -0.2) is 22.9 Å². The molecule has 0 saturated carbocycles. The monoisotopic (exact) mass is 379 g/mol. The third-order valence-corrected chi connectivity index (χ3v) is 3.51. The van der Waals surface area contributed by atoms with Crippen LogP contribution in [0.25, 0.3) is 0 Å². The number of halogens is 2. The van der Waals surface area contributed by atoms with E-state index < -0.39 is 0 Å². The Morgan fingerprint density at radius 1 is 1.36 bits per heavy atom. The molecule has 25 heavy (non-hydrogen) atoms. The van der Waals surface area contributed by atoms with Crippen molar-refractivity contribution < 1.29 is 9.63 Å². The van der Waals surface area contributed by atoms with Gasteiger partial charge in [0, 0.05) is 33.6 Å². The van der Waals surface area contributed by atoms with Crippen molar-refractivity contribution in [3.63, 3.8) is 0 Å². The number of oxime groups is 1. The number of carbonyl (C=O) groups is 1. The van der Waals surface area contributed by atoms with Gasteiger partial charge in [-0.15, -0.1) is 0 Å². The van der Waals surface area contributed by atoms with Gasteiger partial charge in [-0.3, -0.25) is 9.78 Å². The normalized spacial score (nSPS) is 11.5. The molecule has 0 aliphatic heterocycles. The number of nitrogens with two attached hydrogens (primary N) is 1. The summed E-state index contributed by atoms with van der Waals surface area (Å²) in [7, 11) is 0. The second-order valence-corrected chi connectivity index (χ2v) is 5.62. The lowest BCUT2D eigenvalue weighted by atomic mass is 10.2. The van der Waals surface area contributed by atoms with Crippen LogP contribution in [0.2, 0.25) is 10.0 Å². The molecule has 2 aromatic rings. The maximum absolute atomic E-state index is 11.6. The van der Waals surface area contributed by atoms with Gasteiger partial charge in [0.15, 0.2) is 5.84 Å². The highest BCUT2D eigenvalue weighted by Crippen LogP contribution is 2.21. The van der Waals surface area contributed by atoms with E-state index in [1.54, 1.807) is 42.7 Å². The van der Waals surface area contributed by atoms with Crippen LogP contribution in [0.15, 0.2) is 53.0 Å². The Morgan fingerprint density at radius 2 is 2.20 bits per heavy atom. The summed E-state index contributed by atoms with van der Waals surface area (Å²) in [6.07, 6.45) is 4.46. The first-order valence-corrected chi connectivity index (χ1v) is 7.92. The standard InChI is InChI=1S/C16H15Cl2N5O2/c17-13-4-3-12(14(18)8-13)10-25-21-7-5-15(24)22-23-16(19)11-2-1-6-20-9-11/h1-4,6-9H,5,10H2,(H2,19,23)(H,22,24). The summed E-state index contributed by atoms with van der Waals surface area (Å²) >= 11 is 11.8. The molecule has 0 spiro atoms. The van der Waals surface area contributed by atoms with E-state index in [0.29, 0.717) is 15.6 Å². The first-order chi connectivity index (χ1) is 12.1. The van der Waals surface area contributed by atoms with E-state index in [1.165, 1.54) is 6.21 Å².